The molecular weight excluding hydrogens is 697 g/mol. The normalized spacial score (nSPS) is 13.2. The van der Waals surface area contributed by atoms with Crippen molar-refractivity contribution in [3.05, 3.63) is 182 Å². The molecule has 254 valence electrons. The number of thiophene rings is 2. The number of hydrogen-bond donors (Lipinski definition) is 0. The first kappa shape index (κ1) is 34.3. The second kappa shape index (κ2) is 13.6. The lowest BCUT2D eigenvalue weighted by atomic mass is 9.86. The molecule has 0 N–H and O–H groups in total. The van der Waals surface area contributed by atoms with E-state index < -0.39 is 0 Å². The first-order valence-corrected chi connectivity index (χ1v) is 19.0. The topological polar surface area (TPSA) is 95.2 Å². The van der Waals surface area contributed by atoms with E-state index in [1.54, 1.807) is 0 Å². The summed E-state index contributed by atoms with van der Waals surface area (Å²) >= 11 is 2.88. The second-order valence-corrected chi connectivity index (χ2v) is 15.8. The third-order valence-corrected chi connectivity index (χ3v) is 12.3. The van der Waals surface area contributed by atoms with Crippen molar-refractivity contribution in [2.45, 2.75) is 27.7 Å². The van der Waals surface area contributed by atoms with Crippen LogP contribution in [0.5, 0.6) is 0 Å². The lowest BCUT2D eigenvalue weighted by molar-refractivity contribution is 1.33. The van der Waals surface area contributed by atoms with Crippen LogP contribution in [0.15, 0.2) is 97.1 Å². The Hall–Kier alpha value is -6.80. The molecule has 0 saturated heterocycles. The number of fused-ring (bicyclic) bond motifs is 5. The van der Waals surface area contributed by atoms with E-state index in [1.807, 2.05) is 48.5 Å². The van der Waals surface area contributed by atoms with E-state index in [1.165, 1.54) is 101 Å². The lowest BCUT2D eigenvalue weighted by Crippen LogP contribution is -2.00. The number of nitrogens with zero attached hydrogens (tertiary/aromatic N) is 4. The van der Waals surface area contributed by atoms with Gasteiger partial charge in [0.1, 0.15) is 35.4 Å². The van der Waals surface area contributed by atoms with Gasteiger partial charge in [0.25, 0.3) is 0 Å². The molecule has 54 heavy (non-hydrogen) atoms. The molecule has 2 aliphatic rings. The van der Waals surface area contributed by atoms with Crippen molar-refractivity contribution in [3.8, 4) is 24.3 Å². The molecule has 6 aromatic rings. The van der Waals surface area contributed by atoms with Crippen LogP contribution in [-0.2, 0) is 0 Å². The fourth-order valence-corrected chi connectivity index (χ4v) is 9.71. The minimum absolute atomic E-state index is 0.122. The number of aryl methyl sites for hydroxylation is 4. The largest absolute Gasteiger partial charge is 0.192 e. The number of nitriles is 4. The molecule has 0 atom stereocenters. The van der Waals surface area contributed by atoms with Crippen LogP contribution in [-0.4, -0.2) is 0 Å². The van der Waals surface area contributed by atoms with Gasteiger partial charge in [-0.15, -0.1) is 22.7 Å². The molecule has 0 radical (unpaired) electrons. The molecule has 2 aliphatic carbocycles. The fourth-order valence-electron chi connectivity index (χ4n) is 7.88. The first-order chi connectivity index (χ1) is 26.2. The van der Waals surface area contributed by atoms with Crippen LogP contribution in [0.4, 0.5) is 0 Å². The van der Waals surface area contributed by atoms with Gasteiger partial charge in [0.2, 0.25) is 0 Å². The highest BCUT2D eigenvalue weighted by molar-refractivity contribution is 7.08. The number of rotatable bonds is 4. The van der Waals surface area contributed by atoms with Crippen LogP contribution in [0.3, 0.4) is 0 Å². The van der Waals surface area contributed by atoms with Gasteiger partial charge in [-0.05, 0) is 165 Å². The Morgan fingerprint density at radius 2 is 0.815 bits per heavy atom. The molecule has 8 rings (SSSR count). The zero-order valence-corrected chi connectivity index (χ0v) is 31.6. The molecule has 0 amide bonds. The van der Waals surface area contributed by atoms with Crippen LogP contribution in [0.25, 0.3) is 45.6 Å². The van der Waals surface area contributed by atoms with Crippen LogP contribution >= 0.6 is 22.7 Å². The number of allylic oxidation sites excluding steroid dienone is 2. The summed E-state index contributed by atoms with van der Waals surface area (Å²) in [7, 11) is 0. The van der Waals surface area contributed by atoms with Gasteiger partial charge in [-0.3, -0.25) is 0 Å². The van der Waals surface area contributed by atoms with Crippen LogP contribution in [0, 0.1) is 73.0 Å². The highest BCUT2D eigenvalue weighted by Crippen LogP contribution is 2.59. The average Bonchev–Trinajstić information content (AvgIpc) is 3.95. The quantitative estimate of drug-likeness (QED) is 0.183. The summed E-state index contributed by atoms with van der Waals surface area (Å²) in [6, 6.07) is 42.1. The Balaban J connectivity index is 1.44. The number of hydrogen-bond acceptors (Lipinski definition) is 6. The second-order valence-electron chi connectivity index (χ2n) is 13.5. The maximum absolute atomic E-state index is 9.45. The summed E-state index contributed by atoms with van der Waals surface area (Å²) in [4.78, 5) is 0. The first-order valence-electron chi connectivity index (χ1n) is 17.4. The van der Waals surface area contributed by atoms with E-state index in [-0.39, 0.29) is 11.1 Å². The van der Waals surface area contributed by atoms with E-state index in [4.69, 9.17) is 0 Å². The van der Waals surface area contributed by atoms with Crippen molar-refractivity contribution >= 4 is 68.3 Å². The zero-order valence-electron chi connectivity index (χ0n) is 30.0. The van der Waals surface area contributed by atoms with Crippen molar-refractivity contribution in [3.63, 3.8) is 0 Å². The third kappa shape index (κ3) is 5.63. The van der Waals surface area contributed by atoms with Crippen LogP contribution in [0.1, 0.15) is 66.8 Å². The highest BCUT2D eigenvalue weighted by Gasteiger charge is 2.39. The van der Waals surface area contributed by atoms with Crippen LogP contribution in [0.2, 0.25) is 0 Å². The van der Waals surface area contributed by atoms with E-state index in [2.05, 4.69) is 113 Å². The Morgan fingerprint density at radius 1 is 0.444 bits per heavy atom. The van der Waals surface area contributed by atoms with E-state index in [0.29, 0.717) is 9.06 Å². The molecule has 6 heteroatoms. The molecule has 4 aromatic carbocycles. The summed E-state index contributed by atoms with van der Waals surface area (Å²) in [6.07, 6.45) is 4.26. The Labute approximate surface area is 321 Å². The summed E-state index contributed by atoms with van der Waals surface area (Å²) in [6.45, 7) is 8.76. The van der Waals surface area contributed by atoms with Gasteiger partial charge >= 0.3 is 0 Å². The SMILES string of the molecule is Cc1cccc(C)c1C1=C2C(=C(c3c(C)cccc3C)c3ccc(/C=c4\ccc(=C(C#N)C#N)s4)cc32)c2cc(/C=c3\ccc(=C(C#N)C#N)s3)ccc21. The predicted molar refractivity (Wildman–Crippen MR) is 220 cm³/mol. The van der Waals surface area contributed by atoms with E-state index >= 15 is 0 Å². The molecule has 4 nitrogen and oxygen atoms in total. The fraction of sp³-hybridized carbons (Fsp3) is 0.0833. The van der Waals surface area contributed by atoms with Gasteiger partial charge in [0.05, 0.1) is 9.06 Å². The zero-order chi connectivity index (χ0) is 37.7. The molecule has 0 fully saturated rings. The summed E-state index contributed by atoms with van der Waals surface area (Å²) in [5.74, 6) is 0. The van der Waals surface area contributed by atoms with Crippen molar-refractivity contribution < 1.29 is 0 Å². The molecule has 2 heterocycles. The minimum Gasteiger partial charge on any atom is -0.192 e. The van der Waals surface area contributed by atoms with Crippen molar-refractivity contribution in [2.75, 3.05) is 0 Å². The average molecular weight is 727 g/mol. The Kier molecular flexibility index (Phi) is 8.66. The molecule has 0 spiro atoms. The number of benzene rings is 4. The molecule has 0 unspecified atom stereocenters. The van der Waals surface area contributed by atoms with Gasteiger partial charge in [-0.25, -0.2) is 0 Å². The third-order valence-electron chi connectivity index (χ3n) is 10.2. The Bertz CT molecular complexity index is 2850. The van der Waals surface area contributed by atoms with Gasteiger partial charge in [-0.1, -0.05) is 60.7 Å². The minimum atomic E-state index is 0.122. The van der Waals surface area contributed by atoms with E-state index in [0.717, 1.165) is 20.2 Å². The van der Waals surface area contributed by atoms with Gasteiger partial charge < -0.3 is 0 Å². The van der Waals surface area contributed by atoms with Gasteiger partial charge in [0.15, 0.2) is 0 Å². The summed E-state index contributed by atoms with van der Waals surface area (Å²) < 4.78 is 3.28. The maximum Gasteiger partial charge on any atom is 0.146 e. The monoisotopic (exact) mass is 726 g/mol. The van der Waals surface area contributed by atoms with Gasteiger partial charge in [-0.2, -0.15) is 21.0 Å². The molecule has 0 saturated carbocycles. The van der Waals surface area contributed by atoms with Crippen molar-refractivity contribution in [1.29, 1.82) is 21.0 Å². The molecular formula is C48H30N4S2. The van der Waals surface area contributed by atoms with E-state index in [9.17, 15) is 21.0 Å². The highest BCUT2D eigenvalue weighted by atomic mass is 32.1. The molecule has 0 bridgehead atoms. The van der Waals surface area contributed by atoms with Crippen LogP contribution < -0.4 is 18.1 Å². The van der Waals surface area contributed by atoms with Gasteiger partial charge in [0, 0.05) is 9.06 Å². The Morgan fingerprint density at radius 3 is 1.17 bits per heavy atom. The standard InChI is InChI=1S/C48H30N4S2/c1-27-7-5-8-28(2)43(27)45-37-15-11-31(19-35-13-17-41(53-35)33(23-49)24-50)21-39(37)48-46(44-29(3)9-6-10-30(44)4)38-16-12-32(22-40(38)47(45)48)20-36-14-18-42(54-36)34(25-51)26-52/h5-22H,1-4H3/b35-19+,36-20+. The van der Waals surface area contributed by atoms with Crippen molar-refractivity contribution in [1.82, 2.24) is 0 Å². The molecule has 0 aliphatic heterocycles. The summed E-state index contributed by atoms with van der Waals surface area (Å²) in [5, 5.41) is 37.8. The smallest absolute Gasteiger partial charge is 0.146 e. The predicted octanol–water partition coefficient (Wildman–Crippen LogP) is 8.34. The lowest BCUT2D eigenvalue weighted by Gasteiger charge is -2.17. The molecule has 2 aromatic heterocycles. The maximum atomic E-state index is 9.45. The van der Waals surface area contributed by atoms with Crippen molar-refractivity contribution in [2.24, 2.45) is 0 Å². The summed E-state index contributed by atoms with van der Waals surface area (Å²) in [5.41, 5.74) is 19.3.